The van der Waals surface area contributed by atoms with Crippen LogP contribution >= 0.6 is 0 Å². The van der Waals surface area contributed by atoms with Crippen molar-refractivity contribution >= 4 is 22.7 Å². The molecule has 8 nitrogen and oxygen atoms in total. The number of hydrogen-bond donors (Lipinski definition) is 0. The van der Waals surface area contributed by atoms with Gasteiger partial charge in [-0.1, -0.05) is 12.1 Å². The molecule has 0 bridgehead atoms. The minimum Gasteiger partial charge on any atom is -0.452 e. The van der Waals surface area contributed by atoms with Crippen molar-refractivity contribution in [2.75, 3.05) is 0 Å². The van der Waals surface area contributed by atoms with Crippen molar-refractivity contribution in [2.45, 2.75) is 13.2 Å². The summed E-state index contributed by atoms with van der Waals surface area (Å²) >= 11 is 0. The van der Waals surface area contributed by atoms with E-state index in [1.165, 1.54) is 42.5 Å². The summed E-state index contributed by atoms with van der Waals surface area (Å²) < 4.78 is 38.1. The minimum atomic E-state index is -2.84. The lowest BCUT2D eigenvalue weighted by Gasteiger charge is -2.07. The van der Waals surface area contributed by atoms with Gasteiger partial charge < -0.3 is 9.15 Å². The molecule has 0 saturated carbocycles. The number of fused-ring (bicyclic) bond motifs is 1. The predicted octanol–water partition coefficient (Wildman–Crippen LogP) is 4.96. The second-order valence-electron chi connectivity index (χ2n) is 6.21. The van der Waals surface area contributed by atoms with Crippen molar-refractivity contribution in [3.05, 3.63) is 82.4 Å². The van der Waals surface area contributed by atoms with Gasteiger partial charge in [0.15, 0.2) is 5.82 Å². The van der Waals surface area contributed by atoms with E-state index in [0.29, 0.717) is 21.4 Å². The Balaban J connectivity index is 1.50. The maximum Gasteiger partial charge on any atom is 0.374 e. The molecule has 10 heteroatoms. The van der Waals surface area contributed by atoms with Gasteiger partial charge in [-0.25, -0.2) is 9.78 Å². The molecule has 0 saturated heterocycles. The highest BCUT2D eigenvalue weighted by Crippen LogP contribution is 2.26. The van der Waals surface area contributed by atoms with Gasteiger partial charge in [-0.05, 0) is 36.4 Å². The SMILES string of the molecule is O=C(OCc1nc2ccccc2n1C(F)F)c1ccc(-c2ccc([N+](=O)[O-])cc2)o1. The van der Waals surface area contributed by atoms with E-state index in [2.05, 4.69) is 4.98 Å². The van der Waals surface area contributed by atoms with Gasteiger partial charge in [0.2, 0.25) is 5.76 Å². The van der Waals surface area contributed by atoms with Gasteiger partial charge in [-0.2, -0.15) is 8.78 Å². The van der Waals surface area contributed by atoms with Crippen molar-refractivity contribution in [3.8, 4) is 11.3 Å². The number of para-hydroxylation sites is 2. The fourth-order valence-electron chi connectivity index (χ4n) is 2.97. The molecule has 0 spiro atoms. The molecule has 0 fully saturated rings. The first-order chi connectivity index (χ1) is 14.4. The van der Waals surface area contributed by atoms with E-state index in [1.807, 2.05) is 0 Å². The number of carbonyl (C=O) groups is 1. The summed E-state index contributed by atoms with van der Waals surface area (Å²) in [5, 5.41) is 10.7. The number of nitrogens with zero attached hydrogens (tertiary/aromatic N) is 3. The van der Waals surface area contributed by atoms with Crippen LogP contribution in [0.1, 0.15) is 22.9 Å². The molecule has 0 amide bonds. The minimum absolute atomic E-state index is 0.0770. The summed E-state index contributed by atoms with van der Waals surface area (Å²) in [6, 6.07) is 14.8. The number of rotatable bonds is 6. The monoisotopic (exact) mass is 413 g/mol. The van der Waals surface area contributed by atoms with Gasteiger partial charge >= 0.3 is 12.5 Å². The highest BCUT2D eigenvalue weighted by atomic mass is 19.3. The molecule has 0 atom stereocenters. The Morgan fingerprint density at radius 3 is 2.57 bits per heavy atom. The van der Waals surface area contributed by atoms with E-state index in [9.17, 15) is 23.7 Å². The van der Waals surface area contributed by atoms with Crippen LogP contribution in [-0.2, 0) is 11.3 Å². The van der Waals surface area contributed by atoms with Crippen molar-refractivity contribution in [1.29, 1.82) is 0 Å². The largest absolute Gasteiger partial charge is 0.452 e. The van der Waals surface area contributed by atoms with Crippen molar-refractivity contribution in [3.63, 3.8) is 0 Å². The zero-order valence-electron chi connectivity index (χ0n) is 15.2. The summed E-state index contributed by atoms with van der Waals surface area (Å²) in [4.78, 5) is 26.6. The van der Waals surface area contributed by atoms with E-state index in [0.717, 1.165) is 0 Å². The smallest absolute Gasteiger partial charge is 0.374 e. The number of ether oxygens (including phenoxy) is 1. The fourth-order valence-corrected chi connectivity index (χ4v) is 2.97. The zero-order chi connectivity index (χ0) is 21.3. The number of carbonyl (C=O) groups excluding carboxylic acids is 1. The number of nitro benzene ring substituents is 1. The molecule has 0 N–H and O–H groups in total. The van der Waals surface area contributed by atoms with Crippen LogP contribution in [-0.4, -0.2) is 20.4 Å². The number of benzene rings is 2. The highest BCUT2D eigenvalue weighted by molar-refractivity contribution is 5.87. The molecule has 0 radical (unpaired) electrons. The first-order valence-corrected chi connectivity index (χ1v) is 8.70. The van der Waals surface area contributed by atoms with Crippen LogP contribution in [0.3, 0.4) is 0 Å². The zero-order valence-corrected chi connectivity index (χ0v) is 15.2. The van der Waals surface area contributed by atoms with E-state index >= 15 is 0 Å². The van der Waals surface area contributed by atoms with Crippen LogP contribution in [0.15, 0.2) is 65.1 Å². The van der Waals surface area contributed by atoms with Crippen LogP contribution in [0.25, 0.3) is 22.4 Å². The Kier molecular flexibility index (Phi) is 4.97. The molecule has 2 aromatic heterocycles. The molecule has 0 aliphatic rings. The van der Waals surface area contributed by atoms with Gasteiger partial charge in [0.1, 0.15) is 12.4 Å². The third-order valence-electron chi connectivity index (χ3n) is 4.37. The first kappa shape index (κ1) is 19.2. The molecule has 4 aromatic rings. The number of esters is 1. The Morgan fingerprint density at radius 2 is 1.87 bits per heavy atom. The second-order valence-corrected chi connectivity index (χ2v) is 6.21. The Labute approximate surface area is 167 Å². The number of alkyl halides is 2. The molecule has 30 heavy (non-hydrogen) atoms. The van der Waals surface area contributed by atoms with Crippen LogP contribution in [0.5, 0.6) is 0 Å². The lowest BCUT2D eigenvalue weighted by molar-refractivity contribution is -0.384. The quantitative estimate of drug-likeness (QED) is 0.252. The molecule has 0 aliphatic carbocycles. The number of furan rings is 1. The third kappa shape index (κ3) is 3.62. The number of aromatic nitrogens is 2. The first-order valence-electron chi connectivity index (χ1n) is 8.70. The van der Waals surface area contributed by atoms with Crippen molar-refractivity contribution < 1.29 is 27.7 Å². The number of hydrogen-bond acceptors (Lipinski definition) is 6. The van der Waals surface area contributed by atoms with Crippen LogP contribution < -0.4 is 0 Å². The number of halogens is 2. The molecular formula is C20H13F2N3O5. The number of nitro groups is 1. The summed E-state index contributed by atoms with van der Waals surface area (Å²) in [6.07, 6.45) is 0. The standard InChI is InChI=1S/C20H13F2N3O5/c21-20(22)24-15-4-2-1-3-14(15)23-18(24)11-29-19(26)17-10-9-16(30-17)12-5-7-13(8-6-12)25(27)28/h1-10,20H,11H2. The average Bonchev–Trinajstić information content (AvgIpc) is 3.37. The maximum atomic E-state index is 13.4. The van der Waals surface area contributed by atoms with Gasteiger partial charge in [0, 0.05) is 17.7 Å². The molecular weight excluding hydrogens is 400 g/mol. The highest BCUT2D eigenvalue weighted by Gasteiger charge is 2.20. The lowest BCUT2D eigenvalue weighted by atomic mass is 10.1. The van der Waals surface area contributed by atoms with Gasteiger partial charge in [-0.15, -0.1) is 0 Å². The second kappa shape index (κ2) is 7.74. The predicted molar refractivity (Wildman–Crippen MR) is 101 cm³/mol. The maximum absolute atomic E-state index is 13.4. The normalized spacial score (nSPS) is 11.2. The van der Waals surface area contributed by atoms with E-state index < -0.39 is 24.0 Å². The number of imidazole rings is 1. The van der Waals surface area contributed by atoms with E-state index in [-0.39, 0.29) is 22.8 Å². The lowest BCUT2D eigenvalue weighted by Crippen LogP contribution is -2.10. The Bertz CT molecular complexity index is 1230. The molecule has 2 heterocycles. The van der Waals surface area contributed by atoms with Crippen LogP contribution in [0.2, 0.25) is 0 Å². The molecule has 0 unspecified atom stereocenters. The molecule has 4 rings (SSSR count). The fraction of sp³-hybridized carbons (Fsp3) is 0.100. The van der Waals surface area contributed by atoms with E-state index in [1.54, 1.807) is 18.2 Å². The van der Waals surface area contributed by atoms with Gasteiger partial charge in [0.05, 0.1) is 16.0 Å². The summed E-state index contributed by atoms with van der Waals surface area (Å²) in [5.74, 6) is -0.780. The average molecular weight is 413 g/mol. The van der Waals surface area contributed by atoms with Crippen LogP contribution in [0, 0.1) is 10.1 Å². The van der Waals surface area contributed by atoms with E-state index in [4.69, 9.17) is 9.15 Å². The summed E-state index contributed by atoms with van der Waals surface area (Å²) in [7, 11) is 0. The van der Waals surface area contributed by atoms with Crippen molar-refractivity contribution in [2.24, 2.45) is 0 Å². The molecule has 2 aromatic carbocycles. The Hall–Kier alpha value is -4.08. The summed E-state index contributed by atoms with van der Waals surface area (Å²) in [5.41, 5.74) is 1.05. The summed E-state index contributed by atoms with van der Waals surface area (Å²) in [6.45, 7) is -3.31. The topological polar surface area (TPSA) is 100 Å². The molecule has 152 valence electrons. The van der Waals surface area contributed by atoms with Gasteiger partial charge in [0.25, 0.3) is 5.69 Å². The van der Waals surface area contributed by atoms with Crippen LogP contribution in [0.4, 0.5) is 14.5 Å². The molecule has 0 aliphatic heterocycles. The van der Waals surface area contributed by atoms with Crippen molar-refractivity contribution in [1.82, 2.24) is 9.55 Å². The van der Waals surface area contributed by atoms with Gasteiger partial charge in [-0.3, -0.25) is 14.7 Å². The Morgan fingerprint density at radius 1 is 1.13 bits per heavy atom. The third-order valence-corrected chi connectivity index (χ3v) is 4.37. The number of non-ortho nitro benzene ring substituents is 1.